The van der Waals surface area contributed by atoms with Gasteiger partial charge in [0.05, 0.1) is 20.2 Å². The zero-order valence-corrected chi connectivity index (χ0v) is 19.0. The molecule has 168 valence electrons. The monoisotopic (exact) mass is 452 g/mol. The van der Waals surface area contributed by atoms with E-state index in [4.69, 9.17) is 9.47 Å². The van der Waals surface area contributed by atoms with Crippen molar-refractivity contribution in [3.05, 3.63) is 70.4 Å². The summed E-state index contributed by atoms with van der Waals surface area (Å²) in [5.41, 5.74) is 0.752. The molecule has 0 saturated carbocycles. The van der Waals surface area contributed by atoms with Crippen molar-refractivity contribution < 1.29 is 14.3 Å². The SMILES string of the molecule is COc1ccc(CN2CCC3(CC2)OC(C(=O)NCc2cccs2)Cn2ccnc23)cc1. The Labute approximate surface area is 192 Å². The number of nitrogens with one attached hydrogen (secondary N) is 1. The molecule has 1 amide bonds. The third kappa shape index (κ3) is 4.30. The third-order valence-electron chi connectivity index (χ3n) is 6.39. The molecule has 1 spiro atoms. The molecule has 1 fully saturated rings. The number of benzene rings is 1. The smallest absolute Gasteiger partial charge is 0.251 e. The lowest BCUT2D eigenvalue weighted by Gasteiger charge is -2.45. The lowest BCUT2D eigenvalue weighted by Crippen LogP contribution is -2.53. The minimum absolute atomic E-state index is 0.0576. The molecule has 0 bridgehead atoms. The fraction of sp³-hybridized carbons (Fsp3) is 0.417. The first-order valence-electron chi connectivity index (χ1n) is 11.0. The summed E-state index contributed by atoms with van der Waals surface area (Å²) in [6, 6.07) is 12.3. The van der Waals surface area contributed by atoms with Gasteiger partial charge in [-0.25, -0.2) is 4.98 Å². The van der Waals surface area contributed by atoms with Crippen molar-refractivity contribution in [1.29, 1.82) is 0 Å². The molecule has 1 saturated heterocycles. The highest BCUT2D eigenvalue weighted by atomic mass is 32.1. The van der Waals surface area contributed by atoms with Crippen LogP contribution in [0.4, 0.5) is 0 Å². The number of aromatic nitrogens is 2. The number of nitrogens with zero attached hydrogens (tertiary/aromatic N) is 3. The van der Waals surface area contributed by atoms with Gasteiger partial charge in [0.15, 0.2) is 6.10 Å². The van der Waals surface area contributed by atoms with E-state index in [2.05, 4.69) is 31.9 Å². The number of carbonyl (C=O) groups is 1. The van der Waals surface area contributed by atoms with E-state index in [0.717, 1.165) is 48.9 Å². The molecule has 32 heavy (non-hydrogen) atoms. The van der Waals surface area contributed by atoms with Gasteiger partial charge in [0.1, 0.15) is 17.2 Å². The number of piperidine rings is 1. The summed E-state index contributed by atoms with van der Waals surface area (Å²) in [6.45, 7) is 3.71. The number of hydrogen-bond donors (Lipinski definition) is 1. The molecule has 0 aliphatic carbocycles. The standard InChI is InChI=1S/C24H28N4O3S/c1-30-19-6-4-18(5-7-19)16-27-11-8-24(9-12-27)23-25-10-13-28(23)17-21(31-24)22(29)26-15-20-3-2-14-32-20/h2-7,10,13-14,21H,8-9,11-12,15-17H2,1H3,(H,26,29). The first kappa shape index (κ1) is 21.2. The van der Waals surface area contributed by atoms with Crippen LogP contribution < -0.4 is 10.1 Å². The second-order valence-corrected chi connectivity index (χ2v) is 9.46. The van der Waals surface area contributed by atoms with Gasteiger partial charge >= 0.3 is 0 Å². The summed E-state index contributed by atoms with van der Waals surface area (Å²) in [7, 11) is 1.68. The van der Waals surface area contributed by atoms with E-state index in [9.17, 15) is 4.79 Å². The predicted molar refractivity (Wildman–Crippen MR) is 122 cm³/mol. The average Bonchev–Trinajstić information content (AvgIpc) is 3.52. The Morgan fingerprint density at radius 3 is 2.81 bits per heavy atom. The lowest BCUT2D eigenvalue weighted by atomic mass is 9.88. The predicted octanol–water partition coefficient (Wildman–Crippen LogP) is 3.16. The molecule has 1 N–H and O–H groups in total. The molecule has 2 aromatic heterocycles. The molecule has 2 aliphatic heterocycles. The number of methoxy groups -OCH3 is 1. The van der Waals surface area contributed by atoms with Crippen LogP contribution in [0, 0.1) is 0 Å². The number of fused-ring (bicyclic) bond motifs is 2. The minimum Gasteiger partial charge on any atom is -0.497 e. The highest BCUT2D eigenvalue weighted by Crippen LogP contribution is 2.40. The molecule has 2 aliphatic rings. The Kier molecular flexibility index (Phi) is 5.99. The van der Waals surface area contributed by atoms with Crippen LogP contribution in [-0.4, -0.2) is 46.7 Å². The molecule has 7 nitrogen and oxygen atoms in total. The van der Waals surface area contributed by atoms with Gasteiger partial charge in [0.2, 0.25) is 0 Å². The highest BCUT2D eigenvalue weighted by molar-refractivity contribution is 7.09. The van der Waals surface area contributed by atoms with E-state index < -0.39 is 11.7 Å². The van der Waals surface area contributed by atoms with Gasteiger partial charge in [-0.05, 0) is 42.0 Å². The number of rotatable bonds is 6. The highest BCUT2D eigenvalue weighted by Gasteiger charge is 2.47. The van der Waals surface area contributed by atoms with Crippen molar-refractivity contribution in [2.45, 2.75) is 44.2 Å². The van der Waals surface area contributed by atoms with Crippen LogP contribution in [0.25, 0.3) is 0 Å². The molecule has 3 aromatic rings. The summed E-state index contributed by atoms with van der Waals surface area (Å²) in [6.07, 6.45) is 4.90. The third-order valence-corrected chi connectivity index (χ3v) is 7.27. The Morgan fingerprint density at radius 2 is 2.09 bits per heavy atom. The van der Waals surface area contributed by atoms with Crippen LogP contribution in [0.15, 0.2) is 54.2 Å². The van der Waals surface area contributed by atoms with Gasteiger partial charge in [0, 0.05) is 36.9 Å². The zero-order valence-electron chi connectivity index (χ0n) is 18.2. The van der Waals surface area contributed by atoms with Gasteiger partial charge in [-0.3, -0.25) is 9.69 Å². The minimum atomic E-state index is -0.511. The number of imidazole rings is 1. The number of hydrogen-bond acceptors (Lipinski definition) is 6. The van der Waals surface area contributed by atoms with E-state index >= 15 is 0 Å². The summed E-state index contributed by atoms with van der Waals surface area (Å²) in [4.78, 5) is 21.1. The van der Waals surface area contributed by atoms with Gasteiger partial charge in [-0.1, -0.05) is 18.2 Å². The Morgan fingerprint density at radius 1 is 1.28 bits per heavy atom. The van der Waals surface area contributed by atoms with Crippen LogP contribution in [0.3, 0.4) is 0 Å². The van der Waals surface area contributed by atoms with Crippen molar-refractivity contribution in [3.63, 3.8) is 0 Å². The van der Waals surface area contributed by atoms with E-state index in [1.54, 1.807) is 18.4 Å². The van der Waals surface area contributed by atoms with Crippen LogP contribution >= 0.6 is 11.3 Å². The van der Waals surface area contributed by atoms with Gasteiger partial charge in [-0.2, -0.15) is 0 Å². The summed E-state index contributed by atoms with van der Waals surface area (Å²) in [5.74, 6) is 1.76. The van der Waals surface area contributed by atoms with Gasteiger partial charge in [0.25, 0.3) is 5.91 Å². The Bertz CT molecular complexity index is 1040. The molecule has 1 aromatic carbocycles. The molecule has 1 atom stereocenters. The topological polar surface area (TPSA) is 68.6 Å². The first-order valence-corrected chi connectivity index (χ1v) is 11.9. The van der Waals surface area contributed by atoms with Crippen LogP contribution in [-0.2, 0) is 34.8 Å². The largest absolute Gasteiger partial charge is 0.497 e. The van der Waals surface area contributed by atoms with Crippen LogP contribution in [0.1, 0.15) is 29.1 Å². The quantitative estimate of drug-likeness (QED) is 0.622. The van der Waals surface area contributed by atoms with Crippen molar-refractivity contribution in [2.24, 2.45) is 0 Å². The first-order chi connectivity index (χ1) is 15.6. The van der Waals surface area contributed by atoms with Crippen LogP contribution in [0.2, 0.25) is 0 Å². The molecule has 8 heteroatoms. The molecule has 5 rings (SSSR count). The number of ether oxygens (including phenoxy) is 2. The molecular formula is C24H28N4O3S. The van der Waals surface area contributed by atoms with Crippen molar-refractivity contribution in [1.82, 2.24) is 19.8 Å². The molecule has 1 unspecified atom stereocenters. The molecule has 0 radical (unpaired) electrons. The number of likely N-dealkylation sites (tertiary alicyclic amines) is 1. The van der Waals surface area contributed by atoms with Gasteiger partial charge < -0.3 is 19.4 Å². The molecule has 4 heterocycles. The summed E-state index contributed by atoms with van der Waals surface area (Å²) < 4.78 is 13.9. The lowest BCUT2D eigenvalue weighted by molar-refractivity contribution is -0.174. The number of carbonyl (C=O) groups excluding carboxylic acids is 1. The second kappa shape index (κ2) is 9.05. The fourth-order valence-electron chi connectivity index (χ4n) is 4.64. The maximum atomic E-state index is 12.9. The van der Waals surface area contributed by atoms with Crippen molar-refractivity contribution in [2.75, 3.05) is 20.2 Å². The maximum Gasteiger partial charge on any atom is 0.251 e. The summed E-state index contributed by atoms with van der Waals surface area (Å²) in [5, 5.41) is 5.06. The average molecular weight is 453 g/mol. The van der Waals surface area contributed by atoms with E-state index in [1.807, 2.05) is 42.0 Å². The Hall–Kier alpha value is -2.68. The molecular weight excluding hydrogens is 424 g/mol. The fourth-order valence-corrected chi connectivity index (χ4v) is 5.28. The normalized spacial score (nSPS) is 20.1. The van der Waals surface area contributed by atoms with E-state index in [1.165, 1.54) is 5.56 Å². The van der Waals surface area contributed by atoms with Gasteiger partial charge in [-0.15, -0.1) is 11.3 Å². The van der Waals surface area contributed by atoms with Crippen LogP contribution in [0.5, 0.6) is 5.75 Å². The van der Waals surface area contributed by atoms with E-state index in [-0.39, 0.29) is 5.91 Å². The number of thiophene rings is 1. The zero-order chi connectivity index (χ0) is 22.0. The maximum absolute atomic E-state index is 12.9. The Balaban J connectivity index is 1.24. The number of amides is 1. The van der Waals surface area contributed by atoms with E-state index in [0.29, 0.717) is 13.1 Å². The summed E-state index contributed by atoms with van der Waals surface area (Å²) >= 11 is 1.64. The van der Waals surface area contributed by atoms with Crippen molar-refractivity contribution >= 4 is 17.2 Å². The van der Waals surface area contributed by atoms with Crippen molar-refractivity contribution in [3.8, 4) is 5.75 Å². The second-order valence-electron chi connectivity index (χ2n) is 8.43.